The number of hydrogen-bond acceptors (Lipinski definition) is 7. The van der Waals surface area contributed by atoms with Gasteiger partial charge in [-0.05, 0) is 32.0 Å². The Morgan fingerprint density at radius 1 is 1.31 bits per heavy atom. The van der Waals surface area contributed by atoms with Crippen molar-refractivity contribution in [2.45, 2.75) is 26.4 Å². The lowest BCUT2D eigenvalue weighted by Gasteiger charge is -2.15. The highest BCUT2D eigenvalue weighted by Crippen LogP contribution is 2.37. The number of rotatable bonds is 8. The Balaban J connectivity index is 1.87. The second-order valence-electron chi connectivity index (χ2n) is 7.57. The van der Waals surface area contributed by atoms with E-state index >= 15 is 0 Å². The maximum absolute atomic E-state index is 12.6. The normalized spacial score (nSPS) is 16.0. The van der Waals surface area contributed by atoms with Crippen molar-refractivity contribution in [1.29, 1.82) is 0 Å². The number of carbonyl (C=O) groups excluding carboxylic acids is 1. The third kappa shape index (κ3) is 4.05. The van der Waals surface area contributed by atoms with Crippen LogP contribution in [0.4, 0.5) is 10.6 Å². The van der Waals surface area contributed by atoms with Gasteiger partial charge in [0, 0.05) is 24.9 Å². The summed E-state index contributed by atoms with van der Waals surface area (Å²) in [6, 6.07) is 5.51. The number of methoxy groups -OCH3 is 1. The number of amides is 1. The number of hydrogen-bond donors (Lipinski definition) is 1. The standard InChI is InChI=1S/C22H26ClN5O4/c1-5-6-31-18-8-17(19(30-4)7-13(18)2)28-16-9-20(23)25-11-15(16)21(26-28)27-12-14(10-24-3)32-22(27)29/h7-9,11,14,24H,5-6,10,12H2,1-4H3. The zero-order chi connectivity index (χ0) is 22.8. The van der Waals surface area contributed by atoms with Crippen molar-refractivity contribution in [2.75, 3.05) is 38.8 Å². The van der Waals surface area contributed by atoms with Crippen LogP contribution in [-0.2, 0) is 4.74 Å². The molecule has 0 radical (unpaired) electrons. The summed E-state index contributed by atoms with van der Waals surface area (Å²) in [7, 11) is 3.42. The second-order valence-corrected chi connectivity index (χ2v) is 7.96. The molecule has 1 amide bonds. The molecule has 1 saturated heterocycles. The highest BCUT2D eigenvalue weighted by Gasteiger charge is 2.35. The van der Waals surface area contributed by atoms with Gasteiger partial charge in [-0.1, -0.05) is 18.5 Å². The number of pyridine rings is 1. The van der Waals surface area contributed by atoms with Gasteiger partial charge in [-0.25, -0.2) is 14.5 Å². The molecule has 4 rings (SSSR count). The second kappa shape index (κ2) is 9.22. The quantitative estimate of drug-likeness (QED) is 0.513. The predicted molar refractivity (Wildman–Crippen MR) is 122 cm³/mol. The van der Waals surface area contributed by atoms with Crippen molar-refractivity contribution in [3.8, 4) is 17.2 Å². The summed E-state index contributed by atoms with van der Waals surface area (Å²) in [5, 5.41) is 8.80. The first-order chi connectivity index (χ1) is 15.5. The molecular weight excluding hydrogens is 434 g/mol. The van der Waals surface area contributed by atoms with Crippen LogP contribution in [0.3, 0.4) is 0 Å². The van der Waals surface area contributed by atoms with E-state index in [0.29, 0.717) is 53.0 Å². The third-order valence-electron chi connectivity index (χ3n) is 5.24. The van der Waals surface area contributed by atoms with Gasteiger partial charge in [0.05, 0.1) is 31.2 Å². The van der Waals surface area contributed by atoms with E-state index in [4.69, 9.17) is 30.9 Å². The lowest BCUT2D eigenvalue weighted by molar-refractivity contribution is 0.141. The number of aromatic nitrogens is 3. The molecule has 3 heterocycles. The van der Waals surface area contributed by atoms with Crippen LogP contribution in [0.1, 0.15) is 18.9 Å². The lowest BCUT2D eigenvalue weighted by atomic mass is 10.1. The van der Waals surface area contributed by atoms with E-state index in [-0.39, 0.29) is 6.10 Å². The minimum absolute atomic E-state index is 0.268. The topological polar surface area (TPSA) is 90.7 Å². The first-order valence-corrected chi connectivity index (χ1v) is 10.8. The van der Waals surface area contributed by atoms with E-state index in [1.165, 1.54) is 4.90 Å². The number of cyclic esters (lactones) is 1. The van der Waals surface area contributed by atoms with Crippen molar-refractivity contribution >= 4 is 34.4 Å². The SMILES string of the molecule is CCCOc1cc(-n2nc(N3CC(CNC)OC3=O)c3cnc(Cl)cc32)c(OC)cc1C. The van der Waals surface area contributed by atoms with Gasteiger partial charge in [0.15, 0.2) is 5.82 Å². The van der Waals surface area contributed by atoms with Crippen LogP contribution in [0.15, 0.2) is 24.4 Å². The highest BCUT2D eigenvalue weighted by molar-refractivity contribution is 6.30. The van der Waals surface area contributed by atoms with E-state index < -0.39 is 6.09 Å². The molecule has 2 aromatic heterocycles. The van der Waals surface area contributed by atoms with E-state index in [1.54, 1.807) is 24.1 Å². The monoisotopic (exact) mass is 459 g/mol. The fraction of sp³-hybridized carbons (Fsp3) is 0.409. The van der Waals surface area contributed by atoms with Crippen molar-refractivity contribution < 1.29 is 19.0 Å². The maximum atomic E-state index is 12.6. The van der Waals surface area contributed by atoms with E-state index in [0.717, 1.165) is 17.7 Å². The molecule has 10 heteroatoms. The number of halogens is 1. The Morgan fingerprint density at radius 3 is 2.84 bits per heavy atom. The molecule has 1 aromatic carbocycles. The molecule has 32 heavy (non-hydrogen) atoms. The molecule has 0 spiro atoms. The number of aryl methyl sites for hydroxylation is 1. The van der Waals surface area contributed by atoms with Crippen LogP contribution >= 0.6 is 11.6 Å². The number of nitrogens with zero attached hydrogens (tertiary/aromatic N) is 4. The maximum Gasteiger partial charge on any atom is 0.416 e. The third-order valence-corrected chi connectivity index (χ3v) is 5.45. The van der Waals surface area contributed by atoms with Gasteiger partial charge in [0.25, 0.3) is 0 Å². The summed E-state index contributed by atoms with van der Waals surface area (Å²) in [6.45, 7) is 5.55. The molecule has 1 fully saturated rings. The number of nitrogens with one attached hydrogen (secondary N) is 1. The average molecular weight is 460 g/mol. The van der Waals surface area contributed by atoms with Crippen LogP contribution in [0, 0.1) is 6.92 Å². The molecule has 0 aliphatic carbocycles. The fourth-order valence-electron chi connectivity index (χ4n) is 3.73. The van der Waals surface area contributed by atoms with Gasteiger partial charge in [-0.2, -0.15) is 0 Å². The van der Waals surface area contributed by atoms with Gasteiger partial charge < -0.3 is 19.5 Å². The Morgan fingerprint density at radius 2 is 2.12 bits per heavy atom. The Labute approximate surface area is 191 Å². The Kier molecular flexibility index (Phi) is 6.38. The van der Waals surface area contributed by atoms with Crippen LogP contribution in [0.25, 0.3) is 16.6 Å². The molecule has 0 saturated carbocycles. The molecule has 1 aliphatic rings. The van der Waals surface area contributed by atoms with Gasteiger partial charge in [-0.3, -0.25) is 4.90 Å². The Hall–Kier alpha value is -3.04. The van der Waals surface area contributed by atoms with Crippen LogP contribution in [0.2, 0.25) is 5.15 Å². The minimum Gasteiger partial charge on any atom is -0.494 e. The molecule has 9 nitrogen and oxygen atoms in total. The van der Waals surface area contributed by atoms with Crippen molar-refractivity contribution in [3.05, 3.63) is 35.1 Å². The first kappa shape index (κ1) is 22.2. The molecule has 0 bridgehead atoms. The summed E-state index contributed by atoms with van der Waals surface area (Å²) in [5.74, 6) is 1.81. The van der Waals surface area contributed by atoms with E-state index in [1.807, 2.05) is 26.1 Å². The zero-order valence-electron chi connectivity index (χ0n) is 18.5. The highest BCUT2D eigenvalue weighted by atomic mass is 35.5. The van der Waals surface area contributed by atoms with Gasteiger partial charge in [0.2, 0.25) is 0 Å². The van der Waals surface area contributed by atoms with Crippen molar-refractivity contribution in [1.82, 2.24) is 20.1 Å². The molecule has 1 atom stereocenters. The summed E-state index contributed by atoms with van der Waals surface area (Å²) in [6.07, 6.45) is 1.79. The van der Waals surface area contributed by atoms with E-state index in [9.17, 15) is 4.79 Å². The number of benzene rings is 1. The van der Waals surface area contributed by atoms with Crippen LogP contribution in [0.5, 0.6) is 11.5 Å². The number of fused-ring (bicyclic) bond motifs is 1. The average Bonchev–Trinajstić information content (AvgIpc) is 3.32. The summed E-state index contributed by atoms with van der Waals surface area (Å²) in [5.41, 5.74) is 2.31. The molecule has 1 aliphatic heterocycles. The number of likely N-dealkylation sites (N-methyl/N-ethyl adjacent to an activating group) is 1. The van der Waals surface area contributed by atoms with Gasteiger partial charge in [0.1, 0.15) is 28.4 Å². The molecule has 3 aromatic rings. The zero-order valence-corrected chi connectivity index (χ0v) is 19.3. The number of carbonyl (C=O) groups is 1. The minimum atomic E-state index is -0.449. The number of anilines is 1. The Bertz CT molecular complexity index is 1150. The largest absolute Gasteiger partial charge is 0.494 e. The van der Waals surface area contributed by atoms with E-state index in [2.05, 4.69) is 17.2 Å². The smallest absolute Gasteiger partial charge is 0.416 e. The van der Waals surface area contributed by atoms with Crippen molar-refractivity contribution in [2.24, 2.45) is 0 Å². The number of ether oxygens (including phenoxy) is 3. The molecule has 170 valence electrons. The molecular formula is C22H26ClN5O4. The summed E-state index contributed by atoms with van der Waals surface area (Å²) >= 11 is 6.22. The first-order valence-electron chi connectivity index (χ1n) is 10.5. The fourth-order valence-corrected chi connectivity index (χ4v) is 3.88. The lowest BCUT2D eigenvalue weighted by Crippen LogP contribution is -2.29. The van der Waals surface area contributed by atoms with Crippen LogP contribution in [-0.4, -0.2) is 60.8 Å². The summed E-state index contributed by atoms with van der Waals surface area (Å²) < 4.78 is 18.7. The molecule has 1 unspecified atom stereocenters. The predicted octanol–water partition coefficient (Wildman–Crippen LogP) is 3.72. The molecule has 1 N–H and O–H groups in total. The van der Waals surface area contributed by atoms with Gasteiger partial charge >= 0.3 is 6.09 Å². The summed E-state index contributed by atoms with van der Waals surface area (Å²) in [4.78, 5) is 18.3. The van der Waals surface area contributed by atoms with Crippen LogP contribution < -0.4 is 19.7 Å². The van der Waals surface area contributed by atoms with Gasteiger partial charge in [-0.15, -0.1) is 5.10 Å². The van der Waals surface area contributed by atoms with Crippen molar-refractivity contribution in [3.63, 3.8) is 0 Å².